The van der Waals surface area contributed by atoms with Crippen molar-refractivity contribution >= 4 is 60.8 Å². The predicted molar refractivity (Wildman–Crippen MR) is 214 cm³/mol. The lowest BCUT2D eigenvalue weighted by Gasteiger charge is -2.27. The van der Waals surface area contributed by atoms with Gasteiger partial charge in [0.05, 0.1) is 16.7 Å². The summed E-state index contributed by atoms with van der Waals surface area (Å²) in [6.07, 6.45) is 0. The molecule has 3 nitrogen and oxygen atoms in total. The molecule has 0 aliphatic heterocycles. The maximum absolute atomic E-state index is 6.27. The van der Waals surface area contributed by atoms with Gasteiger partial charge in [-0.2, -0.15) is 0 Å². The smallest absolute Gasteiger partial charge is 0.135 e. The van der Waals surface area contributed by atoms with Gasteiger partial charge in [-0.15, -0.1) is 0 Å². The average Bonchev–Trinajstić information content (AvgIpc) is 3.74. The van der Waals surface area contributed by atoms with Crippen LogP contribution in [0.2, 0.25) is 0 Å². The second-order valence-electron chi connectivity index (χ2n) is 12.9. The Bertz CT molecular complexity index is 2770. The minimum Gasteiger partial charge on any atom is -0.456 e. The summed E-state index contributed by atoms with van der Waals surface area (Å²) >= 11 is 0. The third-order valence-corrected chi connectivity index (χ3v) is 9.99. The highest BCUT2D eigenvalue weighted by molar-refractivity contribution is 6.10. The van der Waals surface area contributed by atoms with Crippen molar-refractivity contribution in [1.29, 1.82) is 0 Å². The summed E-state index contributed by atoms with van der Waals surface area (Å²) in [6.45, 7) is 0. The van der Waals surface area contributed by atoms with Crippen molar-refractivity contribution in [3.8, 4) is 27.9 Å². The van der Waals surface area contributed by atoms with E-state index in [1.165, 1.54) is 21.8 Å². The number of hydrogen-bond donors (Lipinski definition) is 0. The number of hydrogen-bond acceptors (Lipinski definition) is 2. The van der Waals surface area contributed by atoms with E-state index in [1.807, 2.05) is 12.1 Å². The van der Waals surface area contributed by atoms with E-state index < -0.39 is 0 Å². The molecule has 0 saturated heterocycles. The molecule has 3 heteroatoms. The summed E-state index contributed by atoms with van der Waals surface area (Å²) in [6, 6.07) is 69.2. The highest BCUT2D eigenvalue weighted by Gasteiger charge is 2.20. The van der Waals surface area contributed by atoms with E-state index in [0.29, 0.717) is 0 Å². The Hall–Kier alpha value is -6.84. The lowest BCUT2D eigenvalue weighted by atomic mass is 9.91. The summed E-state index contributed by atoms with van der Waals surface area (Å²) in [5.74, 6) is 0. The Morgan fingerprint density at radius 2 is 0.922 bits per heavy atom. The van der Waals surface area contributed by atoms with Crippen LogP contribution in [0.25, 0.3) is 71.7 Å². The standard InChI is InChI=1S/C48H32N2O/c1-3-15-34(16-4-1)49(35-17-5-2-6-18-35)36-28-29-37(42(32-36)33-27-30-48-43(31-33)41-22-10-14-26-47(41)51-48)38-19-7-11-23-44(38)50-45-24-12-8-20-39(45)40-21-9-13-25-46(40)50/h1-32H. The summed E-state index contributed by atoms with van der Waals surface area (Å²) in [7, 11) is 0. The lowest BCUT2D eigenvalue weighted by Crippen LogP contribution is -2.10. The number of fused-ring (bicyclic) bond motifs is 6. The van der Waals surface area contributed by atoms with Gasteiger partial charge in [0.2, 0.25) is 0 Å². The topological polar surface area (TPSA) is 21.3 Å². The second-order valence-corrected chi connectivity index (χ2v) is 12.9. The zero-order valence-corrected chi connectivity index (χ0v) is 27.8. The van der Waals surface area contributed by atoms with E-state index >= 15 is 0 Å². The number of aromatic nitrogens is 1. The molecule has 0 aliphatic carbocycles. The molecule has 2 heterocycles. The SMILES string of the molecule is c1ccc(N(c2ccccc2)c2ccc(-c3ccccc3-n3c4ccccc4c4ccccc43)c(-c3ccc4oc5ccccc5c4c3)c2)cc1. The molecular formula is C48H32N2O. The van der Waals surface area contributed by atoms with Crippen LogP contribution in [0.15, 0.2) is 199 Å². The van der Waals surface area contributed by atoms with Gasteiger partial charge in [0.1, 0.15) is 11.2 Å². The maximum atomic E-state index is 6.27. The van der Waals surface area contributed by atoms with E-state index in [1.54, 1.807) is 0 Å². The first kappa shape index (κ1) is 29.1. The minimum atomic E-state index is 0.888. The molecule has 51 heavy (non-hydrogen) atoms. The first-order valence-electron chi connectivity index (χ1n) is 17.4. The molecule has 8 aromatic carbocycles. The van der Waals surface area contributed by atoms with Crippen LogP contribution in [-0.2, 0) is 0 Å². The van der Waals surface area contributed by atoms with Crippen LogP contribution in [0.1, 0.15) is 0 Å². The zero-order chi connectivity index (χ0) is 33.7. The highest BCUT2D eigenvalue weighted by Crippen LogP contribution is 2.44. The van der Waals surface area contributed by atoms with Crippen molar-refractivity contribution in [2.45, 2.75) is 0 Å². The average molecular weight is 653 g/mol. The van der Waals surface area contributed by atoms with Crippen LogP contribution in [0.5, 0.6) is 0 Å². The Morgan fingerprint density at radius 1 is 0.353 bits per heavy atom. The van der Waals surface area contributed by atoms with Crippen LogP contribution in [-0.4, -0.2) is 4.57 Å². The van der Waals surface area contributed by atoms with Crippen LogP contribution < -0.4 is 4.90 Å². The zero-order valence-electron chi connectivity index (χ0n) is 27.8. The maximum Gasteiger partial charge on any atom is 0.135 e. The van der Waals surface area contributed by atoms with Gasteiger partial charge in [-0.3, -0.25) is 0 Å². The summed E-state index contributed by atoms with van der Waals surface area (Å²) in [5, 5.41) is 4.72. The van der Waals surface area contributed by atoms with Crippen LogP contribution >= 0.6 is 0 Å². The third kappa shape index (κ3) is 4.82. The quantitative estimate of drug-likeness (QED) is 0.178. The summed E-state index contributed by atoms with van der Waals surface area (Å²) in [5.41, 5.74) is 13.2. The van der Waals surface area contributed by atoms with Gasteiger partial charge in [-0.05, 0) is 89.5 Å². The second kappa shape index (κ2) is 11.9. The molecule has 0 spiro atoms. The van der Waals surface area contributed by atoms with Gasteiger partial charge in [0.25, 0.3) is 0 Å². The molecule has 0 bridgehead atoms. The highest BCUT2D eigenvalue weighted by atomic mass is 16.3. The molecule has 10 aromatic rings. The monoisotopic (exact) mass is 652 g/mol. The number of rotatable bonds is 6. The molecule has 0 N–H and O–H groups in total. The number of anilines is 3. The van der Waals surface area contributed by atoms with Gasteiger partial charge in [0, 0.05) is 44.2 Å². The molecule has 0 unspecified atom stereocenters. The van der Waals surface area contributed by atoms with Crippen LogP contribution in [0, 0.1) is 0 Å². The Kier molecular flexibility index (Phi) is 6.81. The predicted octanol–water partition coefficient (Wildman–Crippen LogP) is 13.5. The van der Waals surface area contributed by atoms with Gasteiger partial charge in [-0.1, -0.05) is 121 Å². The van der Waals surface area contributed by atoms with E-state index in [-0.39, 0.29) is 0 Å². The van der Waals surface area contributed by atoms with Crippen molar-refractivity contribution in [1.82, 2.24) is 4.57 Å². The number of para-hydroxylation sites is 6. The van der Waals surface area contributed by atoms with E-state index in [9.17, 15) is 0 Å². The van der Waals surface area contributed by atoms with Crippen molar-refractivity contribution in [2.24, 2.45) is 0 Å². The molecule has 10 rings (SSSR count). The molecule has 0 saturated carbocycles. The first-order valence-corrected chi connectivity index (χ1v) is 17.4. The molecule has 0 atom stereocenters. The molecule has 240 valence electrons. The third-order valence-electron chi connectivity index (χ3n) is 9.99. The van der Waals surface area contributed by atoms with Crippen molar-refractivity contribution in [2.75, 3.05) is 4.90 Å². The fourth-order valence-corrected chi connectivity index (χ4v) is 7.72. The Balaban J connectivity index is 1.26. The minimum absolute atomic E-state index is 0.888. The number of nitrogens with zero attached hydrogens (tertiary/aromatic N) is 2. The number of benzene rings is 8. The van der Waals surface area contributed by atoms with Crippen molar-refractivity contribution < 1.29 is 4.42 Å². The van der Waals surface area contributed by atoms with Crippen LogP contribution in [0.3, 0.4) is 0 Å². The van der Waals surface area contributed by atoms with E-state index in [0.717, 1.165) is 66.9 Å². The van der Waals surface area contributed by atoms with E-state index in [2.05, 4.69) is 191 Å². The first-order chi connectivity index (χ1) is 25.3. The summed E-state index contributed by atoms with van der Waals surface area (Å²) in [4.78, 5) is 2.33. The van der Waals surface area contributed by atoms with Crippen LogP contribution in [0.4, 0.5) is 17.1 Å². The van der Waals surface area contributed by atoms with Crippen molar-refractivity contribution in [3.63, 3.8) is 0 Å². The molecule has 0 amide bonds. The molecule has 0 radical (unpaired) electrons. The van der Waals surface area contributed by atoms with Crippen molar-refractivity contribution in [3.05, 3.63) is 194 Å². The Labute approximate surface area is 295 Å². The summed E-state index contributed by atoms with van der Waals surface area (Å²) < 4.78 is 8.70. The van der Waals surface area contributed by atoms with Gasteiger partial charge < -0.3 is 13.9 Å². The molecule has 0 aliphatic rings. The van der Waals surface area contributed by atoms with E-state index in [4.69, 9.17) is 4.42 Å². The molecule has 2 aromatic heterocycles. The fraction of sp³-hybridized carbons (Fsp3) is 0. The fourth-order valence-electron chi connectivity index (χ4n) is 7.72. The lowest BCUT2D eigenvalue weighted by molar-refractivity contribution is 0.669. The van der Waals surface area contributed by atoms with Gasteiger partial charge in [-0.25, -0.2) is 0 Å². The van der Waals surface area contributed by atoms with Gasteiger partial charge >= 0.3 is 0 Å². The largest absolute Gasteiger partial charge is 0.456 e. The molecule has 0 fully saturated rings. The molecular weight excluding hydrogens is 621 g/mol. The number of furan rings is 1. The normalized spacial score (nSPS) is 11.5. The van der Waals surface area contributed by atoms with Gasteiger partial charge in [0.15, 0.2) is 0 Å². The Morgan fingerprint density at radius 3 is 1.63 bits per heavy atom.